The van der Waals surface area contributed by atoms with Crippen LogP contribution in [0.25, 0.3) is 5.65 Å². The maximum absolute atomic E-state index is 11.8. The molecule has 3 N–H and O–H groups in total. The standard InChI is InChI=1S/C8H9F3N6O3/c9-8(10,11)20-2-1-17-7(19)16-3-13-4(5(12)18)6(16)14-15-17/h3,5,18H,1-2,12H2. The normalized spacial score (nSPS) is 13.8. The van der Waals surface area contributed by atoms with Crippen molar-refractivity contribution in [2.24, 2.45) is 5.73 Å². The van der Waals surface area contributed by atoms with Crippen molar-refractivity contribution in [3.05, 3.63) is 22.5 Å². The fraction of sp³-hybridized carbons (Fsp3) is 0.500. The lowest BCUT2D eigenvalue weighted by Gasteiger charge is -2.07. The molecule has 0 aromatic carbocycles. The van der Waals surface area contributed by atoms with Gasteiger partial charge in [-0.05, 0) is 0 Å². The number of rotatable bonds is 4. The van der Waals surface area contributed by atoms with Gasteiger partial charge < -0.3 is 10.8 Å². The van der Waals surface area contributed by atoms with Gasteiger partial charge >= 0.3 is 12.1 Å². The van der Waals surface area contributed by atoms with Gasteiger partial charge in [0, 0.05) is 0 Å². The molecule has 0 bridgehead atoms. The van der Waals surface area contributed by atoms with Crippen molar-refractivity contribution in [2.75, 3.05) is 6.61 Å². The minimum atomic E-state index is -4.78. The summed E-state index contributed by atoms with van der Waals surface area (Å²) in [7, 11) is 0. The fourth-order valence-electron chi connectivity index (χ4n) is 1.45. The summed E-state index contributed by atoms with van der Waals surface area (Å²) in [6.07, 6.45) is -5.19. The van der Waals surface area contributed by atoms with Crippen LogP contribution in [0.15, 0.2) is 11.1 Å². The highest BCUT2D eigenvalue weighted by molar-refractivity contribution is 5.42. The Bertz CT molecular complexity index is 664. The lowest BCUT2D eigenvalue weighted by Crippen LogP contribution is -2.32. The summed E-state index contributed by atoms with van der Waals surface area (Å²) in [4.78, 5) is 15.5. The Morgan fingerprint density at radius 1 is 1.50 bits per heavy atom. The van der Waals surface area contributed by atoms with E-state index in [9.17, 15) is 23.1 Å². The van der Waals surface area contributed by atoms with Gasteiger partial charge in [0.05, 0.1) is 13.2 Å². The largest absolute Gasteiger partial charge is 0.522 e. The zero-order valence-corrected chi connectivity index (χ0v) is 9.78. The molecule has 0 saturated carbocycles. The van der Waals surface area contributed by atoms with Crippen LogP contribution in [-0.2, 0) is 11.3 Å². The third kappa shape index (κ3) is 2.92. The van der Waals surface area contributed by atoms with E-state index in [4.69, 9.17) is 5.73 Å². The van der Waals surface area contributed by atoms with Crippen molar-refractivity contribution in [3.8, 4) is 0 Å². The summed E-state index contributed by atoms with van der Waals surface area (Å²) >= 11 is 0. The number of hydrogen-bond donors (Lipinski definition) is 2. The summed E-state index contributed by atoms with van der Waals surface area (Å²) < 4.78 is 40.5. The number of aliphatic hydroxyl groups excluding tert-OH is 1. The number of hydrogen-bond acceptors (Lipinski definition) is 7. The highest BCUT2D eigenvalue weighted by atomic mass is 19.4. The lowest BCUT2D eigenvalue weighted by molar-refractivity contribution is -0.325. The molecule has 12 heteroatoms. The number of fused-ring (bicyclic) bond motifs is 1. The molecule has 2 aromatic rings. The molecule has 0 amide bonds. The second-order valence-corrected chi connectivity index (χ2v) is 3.66. The first-order valence-electron chi connectivity index (χ1n) is 5.24. The van der Waals surface area contributed by atoms with Crippen LogP contribution in [0.1, 0.15) is 11.9 Å². The Kier molecular flexibility index (Phi) is 3.69. The van der Waals surface area contributed by atoms with Gasteiger partial charge in [0.15, 0.2) is 5.65 Å². The van der Waals surface area contributed by atoms with Crippen LogP contribution in [0.4, 0.5) is 13.2 Å². The molecule has 20 heavy (non-hydrogen) atoms. The van der Waals surface area contributed by atoms with E-state index in [-0.39, 0.29) is 11.3 Å². The highest BCUT2D eigenvalue weighted by Crippen LogP contribution is 2.15. The SMILES string of the molecule is NC(O)c1ncn2c(=O)n(CCOC(F)(F)F)nnc12. The molecule has 2 heterocycles. The van der Waals surface area contributed by atoms with Crippen LogP contribution in [-0.4, -0.2) is 42.5 Å². The first-order chi connectivity index (χ1) is 9.29. The van der Waals surface area contributed by atoms with Gasteiger partial charge in [-0.1, -0.05) is 5.21 Å². The van der Waals surface area contributed by atoms with Crippen molar-refractivity contribution in [1.29, 1.82) is 0 Å². The van der Waals surface area contributed by atoms with Gasteiger partial charge in [-0.15, -0.1) is 18.3 Å². The average molecular weight is 294 g/mol. The molecule has 0 saturated heterocycles. The number of aliphatic hydroxyl groups is 1. The number of alkyl halides is 3. The van der Waals surface area contributed by atoms with E-state index in [1.165, 1.54) is 0 Å². The number of halogens is 3. The number of aromatic nitrogens is 5. The van der Waals surface area contributed by atoms with Gasteiger partial charge in [0.25, 0.3) is 0 Å². The highest BCUT2D eigenvalue weighted by Gasteiger charge is 2.28. The lowest BCUT2D eigenvalue weighted by atomic mass is 10.4. The zero-order chi connectivity index (χ0) is 14.9. The Morgan fingerprint density at radius 3 is 2.80 bits per heavy atom. The molecule has 0 aliphatic heterocycles. The van der Waals surface area contributed by atoms with Crippen LogP contribution < -0.4 is 11.4 Å². The number of nitrogens with two attached hydrogens (primary N) is 1. The Labute approximate surface area is 108 Å². The molecule has 1 atom stereocenters. The first kappa shape index (κ1) is 14.4. The van der Waals surface area contributed by atoms with Gasteiger partial charge in [-0.2, -0.15) is 4.68 Å². The summed E-state index contributed by atoms with van der Waals surface area (Å²) in [5, 5.41) is 16.2. The molecule has 2 aromatic heterocycles. The van der Waals surface area contributed by atoms with E-state index in [0.717, 1.165) is 10.7 Å². The van der Waals surface area contributed by atoms with E-state index < -0.39 is 31.4 Å². The quantitative estimate of drug-likeness (QED) is 0.677. The van der Waals surface area contributed by atoms with Crippen LogP contribution in [0.2, 0.25) is 0 Å². The van der Waals surface area contributed by atoms with Gasteiger partial charge in [0.2, 0.25) is 0 Å². The van der Waals surface area contributed by atoms with Crippen molar-refractivity contribution < 1.29 is 23.0 Å². The summed E-state index contributed by atoms with van der Waals surface area (Å²) in [6.45, 7) is -1.23. The summed E-state index contributed by atoms with van der Waals surface area (Å²) in [6, 6.07) is 0. The fourth-order valence-corrected chi connectivity index (χ4v) is 1.45. The van der Waals surface area contributed by atoms with E-state index >= 15 is 0 Å². The molecule has 0 aliphatic rings. The molecule has 9 nitrogen and oxygen atoms in total. The molecule has 2 rings (SSSR count). The third-order valence-corrected chi connectivity index (χ3v) is 2.29. The monoisotopic (exact) mass is 294 g/mol. The second kappa shape index (κ2) is 5.15. The van der Waals surface area contributed by atoms with Crippen LogP contribution in [0, 0.1) is 0 Å². The van der Waals surface area contributed by atoms with E-state index in [1.807, 2.05) is 0 Å². The van der Waals surface area contributed by atoms with Crippen molar-refractivity contribution in [3.63, 3.8) is 0 Å². The van der Waals surface area contributed by atoms with Gasteiger partial charge in [-0.3, -0.25) is 4.74 Å². The molecule has 0 radical (unpaired) electrons. The molecular formula is C8H9F3N6O3. The predicted octanol–water partition coefficient (Wildman–Crippen LogP) is -1.23. The summed E-state index contributed by atoms with van der Waals surface area (Å²) in [5.74, 6) is 0. The Hall–Kier alpha value is -2.05. The molecule has 0 fully saturated rings. The zero-order valence-electron chi connectivity index (χ0n) is 9.78. The number of ether oxygens (including phenoxy) is 1. The van der Waals surface area contributed by atoms with Crippen molar-refractivity contribution in [2.45, 2.75) is 19.1 Å². The Morgan fingerprint density at radius 2 is 2.20 bits per heavy atom. The number of imidazole rings is 1. The van der Waals surface area contributed by atoms with Crippen molar-refractivity contribution in [1.82, 2.24) is 24.4 Å². The topological polar surface area (TPSA) is 121 Å². The maximum Gasteiger partial charge on any atom is 0.522 e. The molecule has 0 aliphatic carbocycles. The first-order valence-corrected chi connectivity index (χ1v) is 5.24. The third-order valence-electron chi connectivity index (χ3n) is 2.29. The molecular weight excluding hydrogens is 285 g/mol. The van der Waals surface area contributed by atoms with Crippen LogP contribution >= 0.6 is 0 Å². The molecule has 110 valence electrons. The minimum Gasteiger partial charge on any atom is -0.373 e. The minimum absolute atomic E-state index is 0.0618. The van der Waals surface area contributed by atoms with E-state index in [2.05, 4.69) is 20.0 Å². The van der Waals surface area contributed by atoms with Gasteiger partial charge in [-0.25, -0.2) is 14.2 Å². The summed E-state index contributed by atoms with van der Waals surface area (Å²) in [5.41, 5.74) is 4.29. The molecule has 0 spiro atoms. The average Bonchev–Trinajstić information content (AvgIpc) is 2.75. The van der Waals surface area contributed by atoms with E-state index in [0.29, 0.717) is 4.68 Å². The second-order valence-electron chi connectivity index (χ2n) is 3.66. The maximum atomic E-state index is 11.8. The Balaban J connectivity index is 2.25. The number of nitrogens with zero attached hydrogens (tertiary/aromatic N) is 5. The smallest absolute Gasteiger partial charge is 0.373 e. The molecule has 1 unspecified atom stereocenters. The van der Waals surface area contributed by atoms with Crippen LogP contribution in [0.3, 0.4) is 0 Å². The van der Waals surface area contributed by atoms with Crippen molar-refractivity contribution >= 4 is 5.65 Å². The predicted molar refractivity (Wildman–Crippen MR) is 56.2 cm³/mol. The van der Waals surface area contributed by atoms with Crippen LogP contribution in [0.5, 0.6) is 0 Å². The van der Waals surface area contributed by atoms with E-state index in [1.54, 1.807) is 0 Å². The van der Waals surface area contributed by atoms with Gasteiger partial charge in [0.1, 0.15) is 18.2 Å².